The third-order valence-electron chi connectivity index (χ3n) is 3.05. The summed E-state index contributed by atoms with van der Waals surface area (Å²) >= 11 is 5.91. The summed E-state index contributed by atoms with van der Waals surface area (Å²) in [5.41, 5.74) is 0.935. The predicted molar refractivity (Wildman–Crippen MR) is 73.3 cm³/mol. The van der Waals surface area contributed by atoms with Gasteiger partial charge in [0.15, 0.2) is 0 Å². The molecule has 1 fully saturated rings. The maximum Gasteiger partial charge on any atom is 0.227 e. The summed E-state index contributed by atoms with van der Waals surface area (Å²) in [6.45, 7) is 1.19. The van der Waals surface area contributed by atoms with E-state index in [1.165, 1.54) is 12.8 Å². The minimum Gasteiger partial charge on any atom is -0.331 e. The molecular weight excluding hydrogens is 246 g/mol. The zero-order chi connectivity index (χ0) is 13.0. The van der Waals surface area contributed by atoms with Crippen LogP contribution >= 0.6 is 11.6 Å². The van der Waals surface area contributed by atoms with Gasteiger partial charge in [0.25, 0.3) is 0 Å². The van der Waals surface area contributed by atoms with Gasteiger partial charge in [-0.25, -0.2) is 0 Å². The third kappa shape index (κ3) is 3.78. The first-order valence-corrected chi connectivity index (χ1v) is 6.52. The van der Waals surface area contributed by atoms with E-state index in [0.717, 1.165) is 12.1 Å². The minimum absolute atomic E-state index is 0.0853. The van der Waals surface area contributed by atoms with Crippen LogP contribution in [0.25, 0.3) is 0 Å². The topological polar surface area (TPSA) is 20.3 Å². The second-order valence-electron chi connectivity index (χ2n) is 4.73. The van der Waals surface area contributed by atoms with Crippen LogP contribution in [0.4, 0.5) is 0 Å². The Kier molecular flexibility index (Phi) is 4.28. The minimum atomic E-state index is 0.0853. The van der Waals surface area contributed by atoms with E-state index in [-0.39, 0.29) is 5.91 Å². The lowest BCUT2D eigenvalue weighted by molar-refractivity contribution is -0.130. The number of benzene rings is 1. The average Bonchev–Trinajstić information content (AvgIpc) is 3.12. The summed E-state index contributed by atoms with van der Waals surface area (Å²) < 4.78 is 0. The van der Waals surface area contributed by atoms with Gasteiger partial charge in [0.05, 0.1) is 13.0 Å². The monoisotopic (exact) mass is 261 g/mol. The average molecular weight is 262 g/mol. The molecule has 0 radical (unpaired) electrons. The number of amides is 1. The number of hydrogen-bond donors (Lipinski definition) is 0. The molecule has 0 heterocycles. The molecule has 0 bridgehead atoms. The summed E-state index contributed by atoms with van der Waals surface area (Å²) in [6, 6.07) is 7.40. The highest BCUT2D eigenvalue weighted by molar-refractivity contribution is 6.30. The first-order valence-electron chi connectivity index (χ1n) is 6.14. The van der Waals surface area contributed by atoms with Crippen molar-refractivity contribution < 1.29 is 4.79 Å². The Morgan fingerprint density at radius 2 is 2.28 bits per heavy atom. The Bertz CT molecular complexity index is 474. The molecule has 2 nitrogen and oxygen atoms in total. The van der Waals surface area contributed by atoms with E-state index in [0.29, 0.717) is 23.9 Å². The molecule has 94 valence electrons. The highest BCUT2D eigenvalue weighted by atomic mass is 35.5. The zero-order valence-corrected chi connectivity index (χ0v) is 11.0. The quantitative estimate of drug-likeness (QED) is 0.747. The van der Waals surface area contributed by atoms with Gasteiger partial charge in [-0.05, 0) is 36.5 Å². The number of rotatable bonds is 5. The van der Waals surface area contributed by atoms with Crippen LogP contribution in [0.3, 0.4) is 0 Å². The standard InChI is InChI=1S/C15H16ClNO/c1-2-8-17(11-12-6-7-12)15(18)10-13-4-3-5-14(16)9-13/h1,3-5,9,12H,6-8,10-11H2. The number of nitrogens with zero attached hydrogens (tertiary/aromatic N) is 1. The fourth-order valence-corrected chi connectivity index (χ4v) is 2.12. The molecule has 2 rings (SSSR count). The molecule has 1 aliphatic carbocycles. The van der Waals surface area contributed by atoms with E-state index in [4.69, 9.17) is 18.0 Å². The molecule has 0 unspecified atom stereocenters. The number of carbonyl (C=O) groups excluding carboxylic acids is 1. The summed E-state index contributed by atoms with van der Waals surface area (Å²) in [4.78, 5) is 13.9. The van der Waals surface area contributed by atoms with Crippen molar-refractivity contribution in [2.45, 2.75) is 19.3 Å². The molecule has 3 heteroatoms. The number of terminal acetylenes is 1. The number of halogens is 1. The van der Waals surface area contributed by atoms with Crippen LogP contribution in [0.1, 0.15) is 18.4 Å². The second-order valence-corrected chi connectivity index (χ2v) is 5.16. The molecule has 1 aliphatic rings. The summed E-state index contributed by atoms with van der Waals surface area (Å²) in [6.07, 6.45) is 8.11. The predicted octanol–water partition coefficient (Wildman–Crippen LogP) is 2.75. The highest BCUT2D eigenvalue weighted by Crippen LogP contribution is 2.29. The van der Waals surface area contributed by atoms with Crippen molar-refractivity contribution in [2.24, 2.45) is 5.92 Å². The molecule has 0 N–H and O–H groups in total. The van der Waals surface area contributed by atoms with Crippen molar-refractivity contribution >= 4 is 17.5 Å². The molecule has 1 aromatic carbocycles. The van der Waals surface area contributed by atoms with Gasteiger partial charge in [0, 0.05) is 11.6 Å². The van der Waals surface area contributed by atoms with Crippen LogP contribution in [-0.4, -0.2) is 23.9 Å². The molecule has 0 spiro atoms. The van der Waals surface area contributed by atoms with Gasteiger partial charge in [-0.2, -0.15) is 0 Å². The zero-order valence-electron chi connectivity index (χ0n) is 10.2. The van der Waals surface area contributed by atoms with Crippen LogP contribution in [0.5, 0.6) is 0 Å². The van der Waals surface area contributed by atoms with E-state index in [9.17, 15) is 4.79 Å². The molecule has 0 aromatic heterocycles. The lowest BCUT2D eigenvalue weighted by Gasteiger charge is -2.20. The van der Waals surface area contributed by atoms with Gasteiger partial charge >= 0.3 is 0 Å². The normalized spacial score (nSPS) is 14.0. The Morgan fingerprint density at radius 3 is 2.89 bits per heavy atom. The molecule has 1 saturated carbocycles. The largest absolute Gasteiger partial charge is 0.331 e. The maximum atomic E-state index is 12.2. The lowest BCUT2D eigenvalue weighted by atomic mass is 10.1. The summed E-state index contributed by atoms with van der Waals surface area (Å²) in [5.74, 6) is 3.30. The van der Waals surface area contributed by atoms with Crippen LogP contribution < -0.4 is 0 Å². The van der Waals surface area contributed by atoms with Crippen LogP contribution in [0.2, 0.25) is 5.02 Å². The van der Waals surface area contributed by atoms with E-state index in [1.807, 2.05) is 18.2 Å². The van der Waals surface area contributed by atoms with Crippen molar-refractivity contribution in [3.05, 3.63) is 34.9 Å². The molecule has 1 aromatic rings. The Balaban J connectivity index is 1.97. The van der Waals surface area contributed by atoms with Gasteiger partial charge in [0.1, 0.15) is 0 Å². The number of hydrogen-bond acceptors (Lipinski definition) is 1. The first kappa shape index (κ1) is 13.0. The molecular formula is C15H16ClNO. The van der Waals surface area contributed by atoms with Gasteiger partial charge in [-0.1, -0.05) is 29.7 Å². The smallest absolute Gasteiger partial charge is 0.227 e. The Hall–Kier alpha value is -1.46. The maximum absolute atomic E-state index is 12.2. The molecule has 0 aliphatic heterocycles. The molecule has 18 heavy (non-hydrogen) atoms. The SMILES string of the molecule is C#CCN(CC1CC1)C(=O)Cc1cccc(Cl)c1. The Morgan fingerprint density at radius 1 is 1.50 bits per heavy atom. The van der Waals surface area contributed by atoms with Crippen LogP contribution in [-0.2, 0) is 11.2 Å². The molecule has 0 atom stereocenters. The second kappa shape index (κ2) is 5.93. The van der Waals surface area contributed by atoms with Crippen molar-refractivity contribution in [3.8, 4) is 12.3 Å². The third-order valence-corrected chi connectivity index (χ3v) is 3.29. The highest BCUT2D eigenvalue weighted by Gasteiger charge is 2.26. The van der Waals surface area contributed by atoms with Crippen molar-refractivity contribution in [1.29, 1.82) is 0 Å². The molecule has 1 amide bonds. The van der Waals surface area contributed by atoms with E-state index in [2.05, 4.69) is 5.92 Å². The summed E-state index contributed by atoms with van der Waals surface area (Å²) in [5, 5.41) is 0.658. The number of carbonyl (C=O) groups is 1. The first-order chi connectivity index (χ1) is 8.69. The Labute approximate surface area is 113 Å². The molecule has 0 saturated heterocycles. The summed E-state index contributed by atoms with van der Waals surface area (Å²) in [7, 11) is 0. The van der Waals surface area contributed by atoms with E-state index >= 15 is 0 Å². The van der Waals surface area contributed by atoms with Gasteiger partial charge in [-0.15, -0.1) is 6.42 Å². The van der Waals surface area contributed by atoms with E-state index < -0.39 is 0 Å². The van der Waals surface area contributed by atoms with Crippen molar-refractivity contribution in [1.82, 2.24) is 4.90 Å². The fourth-order valence-electron chi connectivity index (χ4n) is 1.91. The lowest BCUT2D eigenvalue weighted by Crippen LogP contribution is -2.34. The van der Waals surface area contributed by atoms with Gasteiger partial charge in [-0.3, -0.25) is 4.79 Å². The van der Waals surface area contributed by atoms with Crippen molar-refractivity contribution in [3.63, 3.8) is 0 Å². The van der Waals surface area contributed by atoms with E-state index in [1.54, 1.807) is 11.0 Å². The van der Waals surface area contributed by atoms with Crippen LogP contribution in [0.15, 0.2) is 24.3 Å². The van der Waals surface area contributed by atoms with Gasteiger partial charge < -0.3 is 4.90 Å². The van der Waals surface area contributed by atoms with Crippen molar-refractivity contribution in [2.75, 3.05) is 13.1 Å². The van der Waals surface area contributed by atoms with Gasteiger partial charge in [0.2, 0.25) is 5.91 Å². The van der Waals surface area contributed by atoms with Crippen LogP contribution in [0, 0.1) is 18.3 Å². The fraction of sp³-hybridized carbons (Fsp3) is 0.400.